The maximum atomic E-state index is 13.8. The van der Waals surface area contributed by atoms with Crippen molar-refractivity contribution in [2.75, 3.05) is 20.3 Å². The third-order valence-electron chi connectivity index (χ3n) is 3.96. The molecular weight excluding hydrogens is 377 g/mol. The number of hydrogen-bond donors (Lipinski definition) is 1. The fourth-order valence-electron chi connectivity index (χ4n) is 2.61. The second-order valence-corrected chi connectivity index (χ2v) is 6.44. The summed E-state index contributed by atoms with van der Waals surface area (Å²) in [7, 11) is 1.46. The van der Waals surface area contributed by atoms with Crippen molar-refractivity contribution in [1.29, 1.82) is 0 Å². The summed E-state index contributed by atoms with van der Waals surface area (Å²) < 4.78 is 30.9. The first-order valence-corrected chi connectivity index (χ1v) is 8.52. The van der Waals surface area contributed by atoms with E-state index in [0.29, 0.717) is 19.8 Å². The van der Waals surface area contributed by atoms with Crippen LogP contribution in [0, 0.1) is 5.82 Å². The summed E-state index contributed by atoms with van der Waals surface area (Å²) in [4.78, 5) is 0. The second kappa shape index (κ2) is 7.40. The van der Waals surface area contributed by atoms with Gasteiger partial charge in [0.2, 0.25) is 0 Å². The average molecular weight is 396 g/mol. The maximum Gasteiger partial charge on any atom is 0.165 e. The number of methoxy groups -OCH3 is 1. The molecule has 0 saturated heterocycles. The molecule has 2 aromatic carbocycles. The van der Waals surface area contributed by atoms with Crippen molar-refractivity contribution in [3.8, 4) is 17.2 Å². The van der Waals surface area contributed by atoms with Crippen LogP contribution in [-0.2, 0) is 6.54 Å². The summed E-state index contributed by atoms with van der Waals surface area (Å²) in [6.45, 7) is 3.72. The number of halogens is 2. The Morgan fingerprint density at radius 1 is 1.21 bits per heavy atom. The molecule has 0 radical (unpaired) electrons. The van der Waals surface area contributed by atoms with Crippen molar-refractivity contribution in [2.45, 2.75) is 19.5 Å². The van der Waals surface area contributed by atoms with Gasteiger partial charge >= 0.3 is 0 Å². The van der Waals surface area contributed by atoms with Crippen LogP contribution in [0.5, 0.6) is 17.2 Å². The minimum Gasteiger partial charge on any atom is -0.494 e. The van der Waals surface area contributed by atoms with Gasteiger partial charge in [0.15, 0.2) is 23.1 Å². The molecule has 1 aliphatic rings. The fraction of sp³-hybridized carbons (Fsp3) is 0.333. The maximum absolute atomic E-state index is 13.8. The smallest absolute Gasteiger partial charge is 0.165 e. The van der Waals surface area contributed by atoms with E-state index < -0.39 is 0 Å². The van der Waals surface area contributed by atoms with Crippen molar-refractivity contribution in [3.05, 3.63) is 51.7 Å². The van der Waals surface area contributed by atoms with E-state index >= 15 is 0 Å². The molecule has 128 valence electrons. The summed E-state index contributed by atoms with van der Waals surface area (Å²) in [5.74, 6) is 1.40. The fourth-order valence-corrected chi connectivity index (χ4v) is 3.28. The van der Waals surface area contributed by atoms with Crippen molar-refractivity contribution in [1.82, 2.24) is 5.32 Å². The summed E-state index contributed by atoms with van der Waals surface area (Å²) in [5.41, 5.74) is 1.92. The zero-order chi connectivity index (χ0) is 17.1. The lowest BCUT2D eigenvalue weighted by Crippen LogP contribution is -2.20. The minimum atomic E-state index is -0.357. The lowest BCUT2D eigenvalue weighted by Gasteiger charge is -2.22. The Kier molecular flexibility index (Phi) is 5.26. The van der Waals surface area contributed by atoms with Crippen LogP contribution in [0.4, 0.5) is 4.39 Å². The third kappa shape index (κ3) is 3.65. The Morgan fingerprint density at radius 2 is 1.92 bits per heavy atom. The van der Waals surface area contributed by atoms with Crippen molar-refractivity contribution in [3.63, 3.8) is 0 Å². The molecule has 1 heterocycles. The Balaban J connectivity index is 1.71. The van der Waals surface area contributed by atoms with Crippen LogP contribution >= 0.6 is 15.9 Å². The summed E-state index contributed by atoms with van der Waals surface area (Å²) in [5, 5.41) is 3.39. The van der Waals surface area contributed by atoms with Crippen molar-refractivity contribution < 1.29 is 18.6 Å². The van der Waals surface area contributed by atoms with Gasteiger partial charge in [-0.05, 0) is 42.3 Å². The minimum absolute atomic E-state index is 0.0559. The zero-order valence-electron chi connectivity index (χ0n) is 13.6. The van der Waals surface area contributed by atoms with E-state index in [1.165, 1.54) is 13.2 Å². The normalized spacial score (nSPS) is 14.3. The molecule has 1 N–H and O–H groups in total. The van der Waals surface area contributed by atoms with E-state index in [2.05, 4.69) is 28.2 Å². The lowest BCUT2D eigenvalue weighted by molar-refractivity contribution is 0.171. The second-order valence-electron chi connectivity index (χ2n) is 5.59. The topological polar surface area (TPSA) is 39.7 Å². The molecule has 6 heteroatoms. The molecule has 0 bridgehead atoms. The molecule has 3 rings (SSSR count). The Hall–Kier alpha value is -1.79. The lowest BCUT2D eigenvalue weighted by atomic mass is 10.1. The number of rotatable bonds is 5. The molecule has 0 aliphatic carbocycles. The summed E-state index contributed by atoms with van der Waals surface area (Å²) >= 11 is 3.58. The quantitative estimate of drug-likeness (QED) is 0.822. The number of nitrogens with one attached hydrogen (secondary N) is 1. The molecule has 0 aromatic heterocycles. The molecule has 0 spiro atoms. The predicted octanol–water partition coefficient (Wildman–Crippen LogP) is 4.22. The molecule has 0 fully saturated rings. The highest BCUT2D eigenvalue weighted by Crippen LogP contribution is 2.37. The van der Waals surface area contributed by atoms with Gasteiger partial charge in [-0.2, -0.15) is 0 Å². The van der Waals surface area contributed by atoms with Gasteiger partial charge in [0.05, 0.1) is 7.11 Å². The molecular formula is C18H19BrFNO3. The number of benzene rings is 2. The van der Waals surface area contributed by atoms with E-state index in [9.17, 15) is 4.39 Å². The first kappa shape index (κ1) is 17.0. The number of fused-ring (bicyclic) bond motifs is 1. The molecule has 2 aromatic rings. The highest BCUT2D eigenvalue weighted by atomic mass is 79.9. The van der Waals surface area contributed by atoms with Crippen LogP contribution in [0.1, 0.15) is 24.1 Å². The van der Waals surface area contributed by atoms with Gasteiger partial charge in [-0.25, -0.2) is 4.39 Å². The molecule has 1 atom stereocenters. The Morgan fingerprint density at radius 3 is 2.58 bits per heavy atom. The summed E-state index contributed by atoms with van der Waals surface area (Å²) in [6.07, 6.45) is 0. The van der Waals surface area contributed by atoms with Gasteiger partial charge in [0, 0.05) is 17.1 Å². The summed E-state index contributed by atoms with van der Waals surface area (Å²) in [6, 6.07) is 8.93. The highest BCUT2D eigenvalue weighted by molar-refractivity contribution is 9.10. The van der Waals surface area contributed by atoms with Crippen LogP contribution in [0.2, 0.25) is 0 Å². The van der Waals surface area contributed by atoms with E-state index in [0.717, 1.165) is 27.1 Å². The largest absolute Gasteiger partial charge is 0.494 e. The number of hydrogen-bond acceptors (Lipinski definition) is 4. The first-order valence-electron chi connectivity index (χ1n) is 7.73. The van der Waals surface area contributed by atoms with Crippen LogP contribution in [-0.4, -0.2) is 20.3 Å². The predicted molar refractivity (Wildman–Crippen MR) is 93.3 cm³/mol. The van der Waals surface area contributed by atoms with Gasteiger partial charge in [-0.3, -0.25) is 0 Å². The van der Waals surface area contributed by atoms with Gasteiger partial charge in [-0.15, -0.1) is 0 Å². The molecule has 0 amide bonds. The van der Waals surface area contributed by atoms with E-state index in [1.54, 1.807) is 6.07 Å². The number of ether oxygens (including phenoxy) is 3. The third-order valence-corrected chi connectivity index (χ3v) is 4.64. The van der Waals surface area contributed by atoms with E-state index in [4.69, 9.17) is 14.2 Å². The molecule has 4 nitrogen and oxygen atoms in total. The highest BCUT2D eigenvalue weighted by Gasteiger charge is 2.18. The SMILES string of the molecule is COc1ccc(CNC(C)c2cc3c(cc2Br)OCCO3)cc1F. The van der Waals surface area contributed by atoms with Gasteiger partial charge in [0.1, 0.15) is 13.2 Å². The van der Waals surface area contributed by atoms with Gasteiger partial charge in [-0.1, -0.05) is 22.0 Å². The molecule has 1 unspecified atom stereocenters. The van der Waals surface area contributed by atoms with Crippen molar-refractivity contribution >= 4 is 15.9 Å². The monoisotopic (exact) mass is 395 g/mol. The first-order chi connectivity index (χ1) is 11.6. The Bertz CT molecular complexity index is 738. The van der Waals surface area contributed by atoms with E-state index in [1.807, 2.05) is 18.2 Å². The van der Waals surface area contributed by atoms with Gasteiger partial charge in [0.25, 0.3) is 0 Å². The zero-order valence-corrected chi connectivity index (χ0v) is 15.2. The molecule has 1 aliphatic heterocycles. The Labute approximate surface area is 149 Å². The standard InChI is InChI=1S/C18H19BrFNO3/c1-11(21-10-12-3-4-16(22-2)15(20)7-12)13-8-17-18(9-14(13)19)24-6-5-23-17/h3-4,7-9,11,21H,5-6,10H2,1-2H3. The van der Waals surface area contributed by atoms with Crippen LogP contribution in [0.25, 0.3) is 0 Å². The van der Waals surface area contributed by atoms with Crippen LogP contribution in [0.3, 0.4) is 0 Å². The van der Waals surface area contributed by atoms with Crippen LogP contribution < -0.4 is 19.5 Å². The van der Waals surface area contributed by atoms with Crippen molar-refractivity contribution in [2.24, 2.45) is 0 Å². The molecule has 0 saturated carbocycles. The van der Waals surface area contributed by atoms with Crippen LogP contribution in [0.15, 0.2) is 34.8 Å². The average Bonchev–Trinajstić information content (AvgIpc) is 2.59. The van der Waals surface area contributed by atoms with Gasteiger partial charge < -0.3 is 19.5 Å². The molecule has 24 heavy (non-hydrogen) atoms. The van der Waals surface area contributed by atoms with E-state index in [-0.39, 0.29) is 17.6 Å².